The largest absolute Gasteiger partial charge is 0.480 e. The van der Waals surface area contributed by atoms with Crippen molar-refractivity contribution < 1.29 is 24.2 Å². The van der Waals surface area contributed by atoms with Gasteiger partial charge in [0, 0.05) is 5.92 Å². The van der Waals surface area contributed by atoms with E-state index in [0.29, 0.717) is 6.42 Å². The fourth-order valence-electron chi connectivity index (χ4n) is 3.90. The molecule has 0 fully saturated rings. The van der Waals surface area contributed by atoms with Gasteiger partial charge in [0.1, 0.15) is 18.7 Å². The number of carboxylic acid groups (broad SMARTS) is 1. The number of hydrogen-bond acceptors (Lipinski definition) is 4. The first-order chi connectivity index (χ1) is 14.8. The standard InChI is InChI=1S/C24H28N2O5/c1-4-20(22(27)26-21(14(2)3)23(28)29)25-24(30)31-13-19-17-11-7-5-9-15(17)16-10-6-8-12-18(16)19/h5-12,14,19-21H,4,13H2,1-3H3,(H,25,30)(H,26,27)(H,28,29)/t20-,21-/m1/s1. The minimum Gasteiger partial charge on any atom is -0.480 e. The number of aliphatic carboxylic acids is 1. The van der Waals surface area contributed by atoms with Crippen molar-refractivity contribution in [3.05, 3.63) is 59.7 Å². The summed E-state index contributed by atoms with van der Waals surface area (Å²) in [6, 6.07) is 14.2. The lowest BCUT2D eigenvalue weighted by Crippen LogP contribution is -2.53. The van der Waals surface area contributed by atoms with Crippen molar-refractivity contribution in [3.63, 3.8) is 0 Å². The van der Waals surface area contributed by atoms with Gasteiger partial charge in [0.2, 0.25) is 5.91 Å². The van der Waals surface area contributed by atoms with Gasteiger partial charge in [-0.1, -0.05) is 69.3 Å². The van der Waals surface area contributed by atoms with Crippen LogP contribution in [0.5, 0.6) is 0 Å². The van der Waals surface area contributed by atoms with E-state index in [2.05, 4.69) is 22.8 Å². The van der Waals surface area contributed by atoms with Crippen molar-refractivity contribution in [1.29, 1.82) is 0 Å². The van der Waals surface area contributed by atoms with Crippen molar-refractivity contribution >= 4 is 18.0 Å². The van der Waals surface area contributed by atoms with Gasteiger partial charge in [-0.05, 0) is 34.6 Å². The number of carboxylic acids is 1. The number of carbonyl (C=O) groups excluding carboxylic acids is 2. The molecule has 31 heavy (non-hydrogen) atoms. The molecule has 0 saturated carbocycles. The number of ether oxygens (including phenoxy) is 1. The molecule has 1 aliphatic carbocycles. The molecule has 164 valence electrons. The Hall–Kier alpha value is -3.35. The summed E-state index contributed by atoms with van der Waals surface area (Å²) in [6.45, 7) is 5.29. The number of fused-ring (bicyclic) bond motifs is 3. The van der Waals surface area contributed by atoms with E-state index in [0.717, 1.165) is 22.3 Å². The number of alkyl carbamates (subject to hydrolysis) is 1. The van der Waals surface area contributed by atoms with Crippen LogP contribution in [0.15, 0.2) is 48.5 Å². The van der Waals surface area contributed by atoms with E-state index in [1.165, 1.54) is 0 Å². The fraction of sp³-hybridized carbons (Fsp3) is 0.375. The smallest absolute Gasteiger partial charge is 0.407 e. The third-order valence-corrected chi connectivity index (χ3v) is 5.59. The highest BCUT2D eigenvalue weighted by Gasteiger charge is 2.30. The average molecular weight is 424 g/mol. The van der Waals surface area contributed by atoms with E-state index in [9.17, 15) is 19.5 Å². The number of rotatable bonds is 8. The first kappa shape index (κ1) is 22.3. The molecular weight excluding hydrogens is 396 g/mol. The summed E-state index contributed by atoms with van der Waals surface area (Å²) < 4.78 is 5.48. The molecule has 3 N–H and O–H groups in total. The second-order valence-electron chi connectivity index (χ2n) is 8.00. The van der Waals surface area contributed by atoms with Crippen LogP contribution < -0.4 is 10.6 Å². The van der Waals surface area contributed by atoms with Crippen LogP contribution in [-0.2, 0) is 14.3 Å². The first-order valence-corrected chi connectivity index (χ1v) is 10.5. The molecule has 0 aromatic heterocycles. The molecule has 7 nitrogen and oxygen atoms in total. The maximum absolute atomic E-state index is 12.5. The predicted molar refractivity (Wildman–Crippen MR) is 117 cm³/mol. The van der Waals surface area contributed by atoms with E-state index in [-0.39, 0.29) is 18.4 Å². The normalized spacial score (nSPS) is 14.3. The van der Waals surface area contributed by atoms with Crippen LogP contribution in [0.1, 0.15) is 44.2 Å². The summed E-state index contributed by atoms with van der Waals surface area (Å²) in [5, 5.41) is 14.3. The van der Waals surface area contributed by atoms with Crippen molar-refractivity contribution in [1.82, 2.24) is 10.6 Å². The molecule has 0 aliphatic heterocycles. The highest BCUT2D eigenvalue weighted by Crippen LogP contribution is 2.44. The van der Waals surface area contributed by atoms with E-state index in [4.69, 9.17) is 4.74 Å². The SMILES string of the molecule is CC[C@@H](NC(=O)OCC1c2ccccc2-c2ccccc21)C(=O)N[C@@H](C(=O)O)C(C)C. The molecular formula is C24H28N2O5. The summed E-state index contributed by atoms with van der Waals surface area (Å²) in [6.07, 6.45) is -0.402. The highest BCUT2D eigenvalue weighted by atomic mass is 16.5. The summed E-state index contributed by atoms with van der Waals surface area (Å²) >= 11 is 0. The Bertz CT molecular complexity index is 926. The molecule has 2 aromatic rings. The van der Waals surface area contributed by atoms with Crippen molar-refractivity contribution in [3.8, 4) is 11.1 Å². The lowest BCUT2D eigenvalue weighted by Gasteiger charge is -2.22. The summed E-state index contributed by atoms with van der Waals surface area (Å²) in [4.78, 5) is 36.2. The van der Waals surface area contributed by atoms with Gasteiger partial charge in [-0.2, -0.15) is 0 Å². The molecule has 0 spiro atoms. The third-order valence-electron chi connectivity index (χ3n) is 5.59. The molecule has 3 rings (SSSR count). The van der Waals surface area contributed by atoms with Gasteiger partial charge in [-0.3, -0.25) is 4.79 Å². The lowest BCUT2D eigenvalue weighted by molar-refractivity contribution is -0.143. The van der Waals surface area contributed by atoms with E-state index < -0.39 is 30.1 Å². The van der Waals surface area contributed by atoms with Crippen LogP contribution in [0.25, 0.3) is 11.1 Å². The highest BCUT2D eigenvalue weighted by molar-refractivity contribution is 5.89. The maximum atomic E-state index is 12.5. The number of carbonyl (C=O) groups is 3. The van der Waals surface area contributed by atoms with Crippen LogP contribution in [-0.4, -0.2) is 41.8 Å². The monoisotopic (exact) mass is 424 g/mol. The number of benzene rings is 2. The molecule has 2 atom stereocenters. The fourth-order valence-corrected chi connectivity index (χ4v) is 3.90. The van der Waals surface area contributed by atoms with Crippen LogP contribution in [0.3, 0.4) is 0 Å². The second kappa shape index (κ2) is 9.64. The Balaban J connectivity index is 1.63. The number of hydrogen-bond donors (Lipinski definition) is 3. The molecule has 0 unspecified atom stereocenters. The molecule has 2 aromatic carbocycles. The Morgan fingerprint density at radius 3 is 2.00 bits per heavy atom. The number of amides is 2. The van der Waals surface area contributed by atoms with E-state index in [1.807, 2.05) is 36.4 Å². The minimum absolute atomic E-state index is 0.0793. The summed E-state index contributed by atoms with van der Waals surface area (Å²) in [5.74, 6) is -2.02. The van der Waals surface area contributed by atoms with Crippen molar-refractivity contribution in [2.75, 3.05) is 6.61 Å². The zero-order chi connectivity index (χ0) is 22.5. The molecule has 0 saturated heterocycles. The first-order valence-electron chi connectivity index (χ1n) is 10.5. The molecule has 7 heteroatoms. The van der Waals surface area contributed by atoms with Gasteiger partial charge in [-0.15, -0.1) is 0 Å². The van der Waals surface area contributed by atoms with Gasteiger partial charge >= 0.3 is 12.1 Å². The van der Waals surface area contributed by atoms with Crippen LogP contribution >= 0.6 is 0 Å². The Kier molecular flexibility index (Phi) is 6.95. The molecule has 0 heterocycles. The summed E-state index contributed by atoms with van der Waals surface area (Å²) in [5.41, 5.74) is 4.46. The van der Waals surface area contributed by atoms with Crippen LogP contribution in [0.2, 0.25) is 0 Å². The van der Waals surface area contributed by atoms with Crippen LogP contribution in [0, 0.1) is 5.92 Å². The van der Waals surface area contributed by atoms with Crippen molar-refractivity contribution in [2.45, 2.75) is 45.2 Å². The quantitative estimate of drug-likeness (QED) is 0.601. The van der Waals surface area contributed by atoms with Gasteiger partial charge < -0.3 is 20.5 Å². The van der Waals surface area contributed by atoms with Gasteiger partial charge in [0.25, 0.3) is 0 Å². The average Bonchev–Trinajstić information content (AvgIpc) is 3.07. The molecule has 1 aliphatic rings. The summed E-state index contributed by atoms with van der Waals surface area (Å²) in [7, 11) is 0. The van der Waals surface area contributed by atoms with Crippen LogP contribution in [0.4, 0.5) is 4.79 Å². The third kappa shape index (κ3) is 4.87. The molecule has 0 radical (unpaired) electrons. The zero-order valence-electron chi connectivity index (χ0n) is 17.9. The minimum atomic E-state index is -1.11. The van der Waals surface area contributed by atoms with E-state index >= 15 is 0 Å². The molecule has 2 amide bonds. The lowest BCUT2D eigenvalue weighted by atomic mass is 9.98. The second-order valence-corrected chi connectivity index (χ2v) is 8.00. The number of nitrogens with one attached hydrogen (secondary N) is 2. The van der Waals surface area contributed by atoms with Crippen molar-refractivity contribution in [2.24, 2.45) is 5.92 Å². The Morgan fingerprint density at radius 2 is 1.52 bits per heavy atom. The predicted octanol–water partition coefficient (Wildman–Crippen LogP) is 3.53. The van der Waals surface area contributed by atoms with Gasteiger partial charge in [-0.25, -0.2) is 9.59 Å². The molecule has 0 bridgehead atoms. The zero-order valence-corrected chi connectivity index (χ0v) is 17.9. The Morgan fingerprint density at radius 1 is 0.968 bits per heavy atom. The topological polar surface area (TPSA) is 105 Å². The van der Waals surface area contributed by atoms with Gasteiger partial charge in [0.05, 0.1) is 0 Å². The van der Waals surface area contributed by atoms with Gasteiger partial charge in [0.15, 0.2) is 0 Å². The maximum Gasteiger partial charge on any atom is 0.407 e. The Labute approximate surface area is 181 Å². The van der Waals surface area contributed by atoms with E-state index in [1.54, 1.807) is 20.8 Å².